The normalized spacial score (nSPS) is 15.2. The first-order valence-corrected chi connectivity index (χ1v) is 13.1. The largest absolute Gasteiger partial charge is 0.351 e. The zero-order valence-electron chi connectivity index (χ0n) is 20.2. The van der Waals surface area contributed by atoms with Gasteiger partial charge in [-0.3, -0.25) is 14.5 Å². The Morgan fingerprint density at radius 3 is 2.31 bits per heavy atom. The van der Waals surface area contributed by atoms with E-state index in [2.05, 4.69) is 10.3 Å². The predicted molar refractivity (Wildman–Crippen MR) is 136 cm³/mol. The highest BCUT2D eigenvalue weighted by Gasteiger charge is 2.25. The van der Waals surface area contributed by atoms with Crippen molar-refractivity contribution in [2.45, 2.75) is 24.8 Å². The Hall–Kier alpha value is -3.21. The van der Waals surface area contributed by atoms with Crippen molar-refractivity contribution >= 4 is 38.4 Å². The zero-order chi connectivity index (χ0) is 25.2. The van der Waals surface area contributed by atoms with Crippen LogP contribution in [0, 0.1) is 0 Å². The van der Waals surface area contributed by atoms with Gasteiger partial charge in [-0.1, -0.05) is 18.2 Å². The molecule has 9 nitrogen and oxygen atoms in total. The first-order chi connectivity index (χ1) is 16.6. The van der Waals surface area contributed by atoms with E-state index in [0.717, 1.165) is 10.9 Å². The molecule has 10 heteroatoms. The maximum absolute atomic E-state index is 12.9. The number of anilines is 1. The molecule has 3 aromatic rings. The van der Waals surface area contributed by atoms with Crippen molar-refractivity contribution in [1.29, 1.82) is 0 Å². The van der Waals surface area contributed by atoms with Gasteiger partial charge in [0.05, 0.1) is 11.4 Å². The molecule has 1 aromatic heterocycles. The van der Waals surface area contributed by atoms with E-state index in [-0.39, 0.29) is 29.3 Å². The number of hydrogen-bond donors (Lipinski definition) is 2. The first kappa shape index (κ1) is 24.9. The van der Waals surface area contributed by atoms with E-state index < -0.39 is 10.0 Å². The summed E-state index contributed by atoms with van der Waals surface area (Å²) in [5.74, 6) is -0.223. The molecule has 0 spiro atoms. The van der Waals surface area contributed by atoms with E-state index in [1.165, 1.54) is 16.4 Å². The Morgan fingerprint density at radius 2 is 1.69 bits per heavy atom. The Balaban J connectivity index is 1.28. The average molecular weight is 498 g/mol. The van der Waals surface area contributed by atoms with Crippen LogP contribution in [0.1, 0.15) is 24.3 Å². The van der Waals surface area contributed by atoms with Crippen LogP contribution in [0.25, 0.3) is 10.9 Å². The van der Waals surface area contributed by atoms with Crippen LogP contribution in [0.5, 0.6) is 0 Å². The van der Waals surface area contributed by atoms with Gasteiger partial charge in [0.1, 0.15) is 5.69 Å². The molecule has 0 bridgehead atoms. The van der Waals surface area contributed by atoms with Crippen molar-refractivity contribution in [1.82, 2.24) is 19.1 Å². The lowest BCUT2D eigenvalue weighted by molar-refractivity contribution is -0.117. The number of H-pyrrole nitrogens is 1. The number of nitrogens with zero attached hydrogens (tertiary/aromatic N) is 3. The second-order valence-corrected chi connectivity index (χ2v) is 11.0. The molecule has 2 N–H and O–H groups in total. The van der Waals surface area contributed by atoms with Crippen molar-refractivity contribution < 1.29 is 18.0 Å². The highest BCUT2D eigenvalue weighted by atomic mass is 32.2. The molecule has 1 fully saturated rings. The number of fused-ring (bicyclic) bond motifs is 1. The summed E-state index contributed by atoms with van der Waals surface area (Å²) in [7, 11) is -2.02. The monoisotopic (exact) mass is 497 g/mol. The highest BCUT2D eigenvalue weighted by molar-refractivity contribution is 7.89. The van der Waals surface area contributed by atoms with Crippen LogP contribution in [-0.2, 0) is 14.8 Å². The van der Waals surface area contributed by atoms with Crippen LogP contribution in [0.2, 0.25) is 0 Å². The van der Waals surface area contributed by atoms with Crippen LogP contribution in [0.4, 0.5) is 5.69 Å². The van der Waals surface area contributed by atoms with Gasteiger partial charge in [-0.25, -0.2) is 8.42 Å². The number of hydrogen-bond acceptors (Lipinski definition) is 5. The summed E-state index contributed by atoms with van der Waals surface area (Å²) < 4.78 is 26.5. The Labute approximate surface area is 205 Å². The number of piperazine rings is 1. The minimum Gasteiger partial charge on any atom is -0.351 e. The molecule has 1 aliphatic rings. The van der Waals surface area contributed by atoms with Crippen LogP contribution in [-0.4, -0.2) is 85.1 Å². The second kappa shape index (κ2) is 10.2. The molecule has 186 valence electrons. The Kier molecular flexibility index (Phi) is 7.25. The van der Waals surface area contributed by atoms with E-state index in [1.54, 1.807) is 24.1 Å². The third kappa shape index (κ3) is 5.55. The fourth-order valence-corrected chi connectivity index (χ4v) is 5.39. The fourth-order valence-electron chi connectivity index (χ4n) is 4.03. The average Bonchev–Trinajstić information content (AvgIpc) is 3.28. The van der Waals surface area contributed by atoms with Gasteiger partial charge in [-0.05, 0) is 50.2 Å². The number of carbonyl (C=O) groups is 2. The number of para-hydroxylation sites is 1. The number of carbonyl (C=O) groups excluding carboxylic acids is 2. The highest BCUT2D eigenvalue weighted by Crippen LogP contribution is 2.20. The summed E-state index contributed by atoms with van der Waals surface area (Å²) in [5.41, 5.74) is 2.04. The lowest BCUT2D eigenvalue weighted by atomic mass is 10.2. The van der Waals surface area contributed by atoms with Gasteiger partial charge in [0.15, 0.2) is 0 Å². The number of aromatic nitrogens is 1. The summed E-state index contributed by atoms with van der Waals surface area (Å²) in [6, 6.07) is 15.7. The van der Waals surface area contributed by atoms with Gasteiger partial charge in [-0.2, -0.15) is 4.31 Å². The third-order valence-electron chi connectivity index (χ3n) is 6.33. The van der Waals surface area contributed by atoms with Gasteiger partial charge in [0.2, 0.25) is 15.9 Å². The first-order valence-electron chi connectivity index (χ1n) is 11.6. The number of aromatic amines is 1. The third-order valence-corrected chi connectivity index (χ3v) is 8.38. The molecule has 0 saturated carbocycles. The van der Waals surface area contributed by atoms with Crippen LogP contribution >= 0.6 is 0 Å². The van der Waals surface area contributed by atoms with Crippen LogP contribution in [0.15, 0.2) is 59.5 Å². The molecular formula is C25H31N5O4S. The van der Waals surface area contributed by atoms with Gasteiger partial charge in [0.25, 0.3) is 5.91 Å². The number of sulfonamides is 1. The second-order valence-electron chi connectivity index (χ2n) is 9.03. The van der Waals surface area contributed by atoms with Gasteiger partial charge in [0, 0.05) is 55.9 Å². The summed E-state index contributed by atoms with van der Waals surface area (Å²) in [6.45, 7) is 6.09. The summed E-state index contributed by atoms with van der Waals surface area (Å²) >= 11 is 0. The minimum absolute atomic E-state index is 0.0385. The molecule has 2 heterocycles. The molecule has 0 atom stereocenters. The molecule has 2 aromatic carbocycles. The van der Waals surface area contributed by atoms with Gasteiger partial charge < -0.3 is 15.2 Å². The van der Waals surface area contributed by atoms with E-state index in [0.29, 0.717) is 37.6 Å². The predicted octanol–water partition coefficient (Wildman–Crippen LogP) is 2.59. The van der Waals surface area contributed by atoms with Crippen molar-refractivity contribution in [3.63, 3.8) is 0 Å². The molecule has 35 heavy (non-hydrogen) atoms. The minimum atomic E-state index is -3.57. The quantitative estimate of drug-likeness (QED) is 0.522. The molecule has 0 radical (unpaired) electrons. The van der Waals surface area contributed by atoms with E-state index >= 15 is 0 Å². The maximum Gasteiger partial charge on any atom is 0.270 e. The number of amides is 2. The number of benzene rings is 2. The number of nitrogens with one attached hydrogen (secondary N) is 2. The fraction of sp³-hybridized carbons (Fsp3) is 0.360. The maximum atomic E-state index is 12.9. The smallest absolute Gasteiger partial charge is 0.270 e. The molecular weight excluding hydrogens is 466 g/mol. The molecule has 1 saturated heterocycles. The molecule has 0 aliphatic carbocycles. The van der Waals surface area contributed by atoms with Crippen LogP contribution < -0.4 is 5.32 Å². The van der Waals surface area contributed by atoms with Gasteiger partial charge in [-0.15, -0.1) is 0 Å². The van der Waals surface area contributed by atoms with Crippen molar-refractivity contribution in [2.24, 2.45) is 0 Å². The summed E-state index contributed by atoms with van der Waals surface area (Å²) in [5, 5.41) is 3.82. The van der Waals surface area contributed by atoms with E-state index in [1.807, 2.05) is 49.1 Å². The lowest BCUT2D eigenvalue weighted by Gasteiger charge is -2.34. The molecule has 0 unspecified atom stereocenters. The topological polar surface area (TPSA) is 106 Å². The van der Waals surface area contributed by atoms with E-state index in [9.17, 15) is 18.0 Å². The van der Waals surface area contributed by atoms with Crippen molar-refractivity contribution in [2.75, 3.05) is 45.1 Å². The van der Waals surface area contributed by atoms with E-state index in [4.69, 9.17) is 0 Å². The summed E-state index contributed by atoms with van der Waals surface area (Å²) in [4.78, 5) is 32.6. The Bertz CT molecular complexity index is 1280. The van der Waals surface area contributed by atoms with Crippen molar-refractivity contribution in [3.8, 4) is 0 Å². The molecule has 4 rings (SSSR count). The SMILES string of the molecule is CC(C)N(C)S(=O)(=O)c1ccc(NC(=O)CN2CCN(C(=O)c3cc4ccccc4[nH]3)CC2)cc1. The molecule has 1 aliphatic heterocycles. The lowest BCUT2D eigenvalue weighted by Crippen LogP contribution is -2.50. The summed E-state index contributed by atoms with van der Waals surface area (Å²) in [6.07, 6.45) is 0. The zero-order valence-corrected chi connectivity index (χ0v) is 21.0. The van der Waals surface area contributed by atoms with Crippen LogP contribution in [0.3, 0.4) is 0 Å². The number of rotatable bonds is 7. The standard InChI is InChI=1S/C25H31N5O4S/c1-18(2)28(3)35(33,34)21-10-8-20(9-11-21)26-24(31)17-29-12-14-30(15-13-29)25(32)23-16-19-6-4-5-7-22(19)27-23/h4-11,16,18,27H,12-15,17H2,1-3H3,(H,26,31). The van der Waals surface area contributed by atoms with Gasteiger partial charge >= 0.3 is 0 Å². The van der Waals surface area contributed by atoms with Crippen molar-refractivity contribution in [3.05, 3.63) is 60.3 Å². The Morgan fingerprint density at radius 1 is 1.03 bits per heavy atom. The molecule has 2 amide bonds.